The molecule has 0 aromatic heterocycles. The summed E-state index contributed by atoms with van der Waals surface area (Å²) in [6.07, 6.45) is -0.257. The van der Waals surface area contributed by atoms with Crippen LogP contribution in [0.5, 0.6) is 0 Å². The summed E-state index contributed by atoms with van der Waals surface area (Å²) in [5.74, 6) is -6.30. The Kier molecular flexibility index (Phi) is 13.3. The predicted octanol–water partition coefficient (Wildman–Crippen LogP) is -2.43. The van der Waals surface area contributed by atoms with E-state index in [0.717, 1.165) is 0 Å². The van der Waals surface area contributed by atoms with Crippen LogP contribution in [0.4, 0.5) is 0 Å². The van der Waals surface area contributed by atoms with E-state index in [9.17, 15) is 33.9 Å². The summed E-state index contributed by atoms with van der Waals surface area (Å²) < 4.78 is 0. The number of aliphatic carboxylic acids is 2. The first-order chi connectivity index (χ1) is 17.4. The Hall–Kier alpha value is -4.04. The highest BCUT2D eigenvalue weighted by Crippen LogP contribution is 2.08. The zero-order valence-electron chi connectivity index (χ0n) is 20.2. The average Bonchev–Trinajstić information content (AvgIpc) is 2.82. The van der Waals surface area contributed by atoms with Crippen molar-refractivity contribution in [1.29, 1.82) is 0 Å². The van der Waals surface area contributed by atoms with E-state index in [-0.39, 0.29) is 12.8 Å². The molecule has 11 N–H and O–H groups in total. The Morgan fingerprint density at radius 2 is 1.35 bits per heavy atom. The first-order valence-electron chi connectivity index (χ1n) is 11.6. The second-order valence-corrected chi connectivity index (χ2v) is 8.37. The molecule has 37 heavy (non-hydrogen) atoms. The summed E-state index contributed by atoms with van der Waals surface area (Å²) in [5.41, 5.74) is 16.9. The van der Waals surface area contributed by atoms with Crippen molar-refractivity contribution in [3.8, 4) is 0 Å². The summed E-state index contributed by atoms with van der Waals surface area (Å²) in [6, 6.07) is 3.02. The molecule has 4 unspecified atom stereocenters. The van der Waals surface area contributed by atoms with Crippen molar-refractivity contribution < 1.29 is 39.0 Å². The molecule has 1 aromatic carbocycles. The molecule has 0 spiro atoms. The highest BCUT2D eigenvalue weighted by Gasteiger charge is 2.31. The summed E-state index contributed by atoms with van der Waals surface area (Å²) in [4.78, 5) is 72.0. The largest absolute Gasteiger partial charge is 0.481 e. The lowest BCUT2D eigenvalue weighted by Crippen LogP contribution is -2.58. The number of rotatable bonds is 17. The molecular weight excluding hydrogens is 488 g/mol. The van der Waals surface area contributed by atoms with Crippen molar-refractivity contribution in [2.24, 2.45) is 17.2 Å². The van der Waals surface area contributed by atoms with Crippen LogP contribution < -0.4 is 33.2 Å². The first kappa shape index (κ1) is 31.0. The number of hydrogen-bond acceptors (Lipinski definition) is 8. The minimum Gasteiger partial charge on any atom is -0.481 e. The monoisotopic (exact) mass is 522 g/mol. The van der Waals surface area contributed by atoms with E-state index in [1.54, 1.807) is 30.3 Å². The highest BCUT2D eigenvalue weighted by atomic mass is 16.4. The van der Waals surface area contributed by atoms with Gasteiger partial charge < -0.3 is 43.4 Å². The van der Waals surface area contributed by atoms with Crippen LogP contribution in [0.2, 0.25) is 0 Å². The van der Waals surface area contributed by atoms with Crippen LogP contribution in [0.15, 0.2) is 30.3 Å². The van der Waals surface area contributed by atoms with Crippen molar-refractivity contribution in [2.45, 2.75) is 62.7 Å². The number of hydrogen-bond donors (Lipinski definition) is 8. The number of unbranched alkanes of at least 4 members (excludes halogenated alkanes) is 1. The maximum Gasteiger partial charge on any atom is 0.326 e. The fourth-order valence-corrected chi connectivity index (χ4v) is 3.33. The number of amides is 4. The van der Waals surface area contributed by atoms with Crippen molar-refractivity contribution in [2.75, 3.05) is 6.54 Å². The van der Waals surface area contributed by atoms with Gasteiger partial charge in [0.25, 0.3) is 0 Å². The van der Waals surface area contributed by atoms with Gasteiger partial charge in [-0.1, -0.05) is 30.3 Å². The zero-order valence-corrected chi connectivity index (χ0v) is 20.2. The number of benzene rings is 1. The van der Waals surface area contributed by atoms with Gasteiger partial charge in [0.1, 0.15) is 18.1 Å². The van der Waals surface area contributed by atoms with Gasteiger partial charge in [0.05, 0.1) is 18.9 Å². The Morgan fingerprint density at radius 3 is 1.89 bits per heavy atom. The van der Waals surface area contributed by atoms with Crippen LogP contribution in [-0.4, -0.2) is 76.5 Å². The second-order valence-electron chi connectivity index (χ2n) is 8.37. The molecule has 0 radical (unpaired) electrons. The fourth-order valence-electron chi connectivity index (χ4n) is 3.33. The summed E-state index contributed by atoms with van der Waals surface area (Å²) in [7, 11) is 0. The van der Waals surface area contributed by atoms with Gasteiger partial charge in [-0.2, -0.15) is 0 Å². The van der Waals surface area contributed by atoms with E-state index in [0.29, 0.717) is 24.9 Å². The van der Waals surface area contributed by atoms with Gasteiger partial charge in [0.15, 0.2) is 0 Å². The van der Waals surface area contributed by atoms with Gasteiger partial charge >= 0.3 is 11.9 Å². The second kappa shape index (κ2) is 15.9. The molecule has 0 aliphatic heterocycles. The molecule has 0 heterocycles. The quantitative estimate of drug-likeness (QED) is 0.100. The minimum absolute atomic E-state index is 0.0531. The number of primary amides is 1. The molecule has 4 atom stereocenters. The smallest absolute Gasteiger partial charge is 0.326 e. The normalized spacial score (nSPS) is 13.9. The third-order valence-corrected chi connectivity index (χ3v) is 5.25. The van der Waals surface area contributed by atoms with Crippen LogP contribution >= 0.6 is 0 Å². The number of nitrogens with two attached hydrogens (primary N) is 3. The SMILES string of the molecule is NCCCCC(NC(=O)C(N)CC(N)=O)C(=O)NC(Cc1ccccc1)C(=O)NC(CC(=O)O)C(=O)O. The molecule has 0 aliphatic carbocycles. The molecule has 4 amide bonds. The van der Waals surface area contributed by atoms with E-state index in [1.807, 2.05) is 0 Å². The Bertz CT molecular complexity index is 958. The van der Waals surface area contributed by atoms with E-state index in [1.165, 1.54) is 0 Å². The maximum absolute atomic E-state index is 13.1. The lowest BCUT2D eigenvalue weighted by Gasteiger charge is -2.25. The van der Waals surface area contributed by atoms with Crippen LogP contribution in [0, 0.1) is 0 Å². The van der Waals surface area contributed by atoms with Gasteiger partial charge in [0, 0.05) is 6.42 Å². The number of carbonyl (C=O) groups excluding carboxylic acids is 4. The molecule has 0 saturated carbocycles. The number of nitrogens with one attached hydrogen (secondary N) is 3. The molecule has 1 aromatic rings. The van der Waals surface area contributed by atoms with Crippen LogP contribution in [0.3, 0.4) is 0 Å². The van der Waals surface area contributed by atoms with Crippen molar-refractivity contribution >= 4 is 35.6 Å². The summed E-state index contributed by atoms with van der Waals surface area (Å²) in [5, 5.41) is 25.3. The predicted molar refractivity (Wildman–Crippen MR) is 131 cm³/mol. The Labute approximate surface area is 213 Å². The van der Waals surface area contributed by atoms with Crippen molar-refractivity contribution in [3.05, 3.63) is 35.9 Å². The lowest BCUT2D eigenvalue weighted by atomic mass is 10.0. The Balaban J connectivity index is 3.13. The Morgan fingerprint density at radius 1 is 0.784 bits per heavy atom. The summed E-state index contributed by atoms with van der Waals surface area (Å²) >= 11 is 0. The molecule has 204 valence electrons. The molecule has 0 fully saturated rings. The van der Waals surface area contributed by atoms with E-state index < -0.39 is 72.6 Å². The zero-order chi connectivity index (χ0) is 28.0. The van der Waals surface area contributed by atoms with Crippen molar-refractivity contribution in [3.63, 3.8) is 0 Å². The molecule has 1 rings (SSSR count). The van der Waals surface area contributed by atoms with Gasteiger partial charge in [0.2, 0.25) is 23.6 Å². The molecular formula is C23H34N6O8. The lowest BCUT2D eigenvalue weighted by molar-refractivity contribution is -0.147. The van der Waals surface area contributed by atoms with Crippen LogP contribution in [0.1, 0.15) is 37.7 Å². The number of carboxylic acids is 2. The molecule has 14 heteroatoms. The van der Waals surface area contributed by atoms with Crippen LogP contribution in [-0.2, 0) is 35.2 Å². The van der Waals surface area contributed by atoms with E-state index in [4.69, 9.17) is 22.3 Å². The van der Waals surface area contributed by atoms with Crippen molar-refractivity contribution in [1.82, 2.24) is 16.0 Å². The molecule has 14 nitrogen and oxygen atoms in total. The summed E-state index contributed by atoms with van der Waals surface area (Å²) in [6.45, 7) is 0.336. The average molecular weight is 523 g/mol. The van der Waals surface area contributed by atoms with Crippen LogP contribution in [0.25, 0.3) is 0 Å². The fraction of sp³-hybridized carbons (Fsp3) is 0.478. The number of carboxylic acid groups (broad SMARTS) is 2. The van der Waals surface area contributed by atoms with Gasteiger partial charge in [-0.15, -0.1) is 0 Å². The van der Waals surface area contributed by atoms with Gasteiger partial charge in [-0.3, -0.25) is 24.0 Å². The minimum atomic E-state index is -1.73. The number of carbonyl (C=O) groups is 6. The maximum atomic E-state index is 13.1. The first-order valence-corrected chi connectivity index (χ1v) is 11.6. The third-order valence-electron chi connectivity index (χ3n) is 5.25. The molecule has 0 aliphatic rings. The van der Waals surface area contributed by atoms with E-state index >= 15 is 0 Å². The molecule has 0 saturated heterocycles. The van der Waals surface area contributed by atoms with Gasteiger partial charge in [-0.25, -0.2) is 4.79 Å². The van der Waals surface area contributed by atoms with E-state index in [2.05, 4.69) is 16.0 Å². The molecule has 0 bridgehead atoms. The van der Waals surface area contributed by atoms with Gasteiger partial charge in [-0.05, 0) is 31.4 Å². The highest BCUT2D eigenvalue weighted by molar-refractivity contribution is 5.95. The topological polar surface area (TPSA) is 257 Å². The third kappa shape index (κ3) is 12.0. The standard InChI is InChI=1S/C23H34N6O8/c24-9-5-4-8-15(27-20(33)14(25)11-18(26)30)21(34)28-16(10-13-6-2-1-3-7-13)22(35)29-17(23(36)37)12-19(31)32/h1-3,6-7,14-17H,4-5,8-12,24-25H2,(H2,26,30)(H,27,33)(H,28,34)(H,29,35)(H,31,32)(H,36,37).